The van der Waals surface area contributed by atoms with Crippen molar-refractivity contribution in [1.29, 1.82) is 0 Å². The van der Waals surface area contributed by atoms with Crippen molar-refractivity contribution in [2.45, 2.75) is 11.6 Å². The Kier molecular flexibility index (Phi) is 4.29. The molecule has 0 atom stereocenters. The quantitative estimate of drug-likeness (QED) is 0.421. The lowest BCUT2D eigenvalue weighted by Gasteiger charge is -2.04. The van der Waals surface area contributed by atoms with Crippen molar-refractivity contribution in [3.63, 3.8) is 0 Å². The second-order valence-electron chi connectivity index (χ2n) is 2.87. The van der Waals surface area contributed by atoms with E-state index in [9.17, 15) is 14.4 Å². The summed E-state index contributed by atoms with van der Waals surface area (Å²) in [5, 5.41) is 2.66. The minimum atomic E-state index is -0.835. The number of nitrogens with zero attached hydrogens (tertiary/aromatic N) is 2. The molecule has 0 bridgehead atoms. The molecule has 0 fully saturated rings. The first-order chi connectivity index (χ1) is 7.54. The first-order valence-electron chi connectivity index (χ1n) is 4.41. The molecule has 0 unspecified atom stereocenters. The van der Waals surface area contributed by atoms with Crippen molar-refractivity contribution >= 4 is 17.7 Å². The number of hydrogen-bond acceptors (Lipinski definition) is 6. The standard InChI is InChI=1S/C8H11N3O4S/c1-11-8(9-6(13)7(14)10-11)16-4-3-5(12)15-2/h3-4H2,1-2H3,(H,10,14). The van der Waals surface area contributed by atoms with Crippen LogP contribution < -0.4 is 11.1 Å². The number of rotatable bonds is 4. The Morgan fingerprint density at radius 3 is 2.88 bits per heavy atom. The SMILES string of the molecule is COC(=O)CCSc1nc(=O)c(=O)[nH]n1C. The summed E-state index contributed by atoms with van der Waals surface area (Å²) in [4.78, 5) is 36.3. The van der Waals surface area contributed by atoms with Crippen molar-refractivity contribution in [2.75, 3.05) is 12.9 Å². The Balaban J connectivity index is 2.68. The number of esters is 1. The predicted molar refractivity (Wildman–Crippen MR) is 57.5 cm³/mol. The number of H-pyrrole nitrogens is 1. The molecule has 0 radical (unpaired) electrons. The molecular weight excluding hydrogens is 234 g/mol. The lowest BCUT2D eigenvalue weighted by molar-refractivity contribution is -0.140. The summed E-state index contributed by atoms with van der Waals surface area (Å²) < 4.78 is 5.80. The van der Waals surface area contributed by atoms with Gasteiger partial charge in [0, 0.05) is 12.8 Å². The van der Waals surface area contributed by atoms with Gasteiger partial charge in [-0.15, -0.1) is 0 Å². The van der Waals surface area contributed by atoms with Gasteiger partial charge in [-0.3, -0.25) is 24.2 Å². The van der Waals surface area contributed by atoms with E-state index in [2.05, 4.69) is 14.8 Å². The number of methoxy groups -OCH3 is 1. The summed E-state index contributed by atoms with van der Waals surface area (Å²) in [6, 6.07) is 0. The maximum absolute atomic E-state index is 11.0. The highest BCUT2D eigenvalue weighted by Crippen LogP contribution is 2.12. The molecule has 0 saturated heterocycles. The van der Waals surface area contributed by atoms with Crippen LogP contribution in [0.3, 0.4) is 0 Å². The highest BCUT2D eigenvalue weighted by molar-refractivity contribution is 7.99. The van der Waals surface area contributed by atoms with Crippen molar-refractivity contribution in [2.24, 2.45) is 7.05 Å². The molecule has 1 heterocycles. The maximum Gasteiger partial charge on any atom is 0.339 e. The zero-order valence-corrected chi connectivity index (χ0v) is 9.67. The van der Waals surface area contributed by atoms with Crippen LogP contribution in [0.5, 0.6) is 0 Å². The fraction of sp³-hybridized carbons (Fsp3) is 0.500. The van der Waals surface area contributed by atoms with E-state index in [1.165, 1.54) is 23.6 Å². The number of thioether (sulfide) groups is 1. The van der Waals surface area contributed by atoms with Gasteiger partial charge in [-0.1, -0.05) is 11.8 Å². The highest BCUT2D eigenvalue weighted by atomic mass is 32.2. The van der Waals surface area contributed by atoms with Crippen LogP contribution in [0.1, 0.15) is 6.42 Å². The van der Waals surface area contributed by atoms with Gasteiger partial charge < -0.3 is 4.74 Å². The van der Waals surface area contributed by atoms with E-state index < -0.39 is 11.1 Å². The maximum atomic E-state index is 11.0. The summed E-state index contributed by atoms with van der Waals surface area (Å²) in [7, 11) is 2.87. The summed E-state index contributed by atoms with van der Waals surface area (Å²) in [5.74, 6) is 0.0980. The zero-order valence-electron chi connectivity index (χ0n) is 8.85. The van der Waals surface area contributed by atoms with E-state index in [0.29, 0.717) is 10.9 Å². The summed E-state index contributed by atoms with van der Waals surface area (Å²) in [6.45, 7) is 0. The first-order valence-corrected chi connectivity index (χ1v) is 5.40. The molecule has 0 aliphatic heterocycles. The average Bonchev–Trinajstić information content (AvgIpc) is 2.25. The molecule has 1 aromatic heterocycles. The smallest absolute Gasteiger partial charge is 0.339 e. The first kappa shape index (κ1) is 12.5. The molecular formula is C8H11N3O4S. The molecule has 0 amide bonds. The third-order valence-electron chi connectivity index (χ3n) is 1.71. The van der Waals surface area contributed by atoms with Gasteiger partial charge in [0.2, 0.25) is 0 Å². The molecule has 1 aromatic rings. The number of hydrogen-bond donors (Lipinski definition) is 1. The lowest BCUT2D eigenvalue weighted by atomic mass is 10.5. The van der Waals surface area contributed by atoms with Crippen molar-refractivity contribution < 1.29 is 9.53 Å². The van der Waals surface area contributed by atoms with Crippen LogP contribution in [0.4, 0.5) is 0 Å². The zero-order chi connectivity index (χ0) is 12.1. The molecule has 1 rings (SSSR count). The second-order valence-corrected chi connectivity index (χ2v) is 3.94. The molecule has 1 N–H and O–H groups in total. The Labute approximate surface area is 94.8 Å². The van der Waals surface area contributed by atoms with Crippen LogP contribution in [0, 0.1) is 0 Å². The molecule has 0 saturated carbocycles. The Morgan fingerprint density at radius 1 is 1.56 bits per heavy atom. The van der Waals surface area contributed by atoms with Gasteiger partial charge in [0.15, 0.2) is 5.16 Å². The van der Waals surface area contributed by atoms with Gasteiger partial charge in [-0.05, 0) is 0 Å². The fourth-order valence-corrected chi connectivity index (χ4v) is 1.76. The minimum absolute atomic E-state index is 0.218. The topological polar surface area (TPSA) is 94.1 Å². The van der Waals surface area contributed by atoms with Gasteiger partial charge in [0.05, 0.1) is 13.5 Å². The van der Waals surface area contributed by atoms with E-state index in [1.54, 1.807) is 7.05 Å². The van der Waals surface area contributed by atoms with Crippen molar-refractivity contribution in [1.82, 2.24) is 14.8 Å². The average molecular weight is 245 g/mol. The number of nitrogens with one attached hydrogen (secondary N) is 1. The molecule has 0 spiro atoms. The Bertz CT molecular complexity index is 493. The van der Waals surface area contributed by atoms with Crippen LogP contribution in [0.2, 0.25) is 0 Å². The van der Waals surface area contributed by atoms with Crippen LogP contribution in [0.15, 0.2) is 14.7 Å². The molecule has 0 aliphatic rings. The third-order valence-corrected chi connectivity index (χ3v) is 2.74. The third kappa shape index (κ3) is 3.23. The monoisotopic (exact) mass is 245 g/mol. The van der Waals surface area contributed by atoms with Gasteiger partial charge in [0.25, 0.3) is 0 Å². The Hall–Kier alpha value is -1.57. The molecule has 16 heavy (non-hydrogen) atoms. The lowest BCUT2D eigenvalue weighted by Crippen LogP contribution is -2.33. The summed E-state index contributed by atoms with van der Waals surface area (Å²) in [5.41, 5.74) is -1.60. The number of aromatic nitrogens is 3. The number of aryl methyl sites for hydroxylation is 1. The minimum Gasteiger partial charge on any atom is -0.469 e. The molecule has 88 valence electrons. The second kappa shape index (κ2) is 5.50. The predicted octanol–water partition coefficient (Wildman–Crippen LogP) is -0.876. The van der Waals surface area contributed by atoms with Gasteiger partial charge >= 0.3 is 17.1 Å². The fourth-order valence-electron chi connectivity index (χ4n) is 0.917. The van der Waals surface area contributed by atoms with E-state index in [-0.39, 0.29) is 12.4 Å². The number of aromatic amines is 1. The van der Waals surface area contributed by atoms with Crippen LogP contribution in [-0.4, -0.2) is 33.6 Å². The molecule has 8 heteroatoms. The number of carbonyl (C=O) groups is 1. The summed E-state index contributed by atoms with van der Waals surface area (Å²) in [6.07, 6.45) is 0.218. The van der Waals surface area contributed by atoms with E-state index in [4.69, 9.17) is 0 Å². The van der Waals surface area contributed by atoms with Gasteiger partial charge in [-0.2, -0.15) is 4.98 Å². The summed E-state index contributed by atoms with van der Waals surface area (Å²) >= 11 is 1.19. The van der Waals surface area contributed by atoms with Gasteiger partial charge in [0.1, 0.15) is 0 Å². The van der Waals surface area contributed by atoms with Crippen LogP contribution in [0.25, 0.3) is 0 Å². The molecule has 0 aliphatic carbocycles. The highest BCUT2D eigenvalue weighted by Gasteiger charge is 2.06. The van der Waals surface area contributed by atoms with Gasteiger partial charge in [-0.25, -0.2) is 0 Å². The number of ether oxygens (including phenoxy) is 1. The molecule has 0 aromatic carbocycles. The molecule has 7 nitrogen and oxygen atoms in total. The van der Waals surface area contributed by atoms with Crippen LogP contribution in [-0.2, 0) is 16.6 Å². The van der Waals surface area contributed by atoms with Crippen molar-refractivity contribution in [3.8, 4) is 0 Å². The Morgan fingerprint density at radius 2 is 2.25 bits per heavy atom. The van der Waals surface area contributed by atoms with Crippen molar-refractivity contribution in [3.05, 3.63) is 20.7 Å². The van der Waals surface area contributed by atoms with E-state index in [0.717, 1.165) is 0 Å². The van der Waals surface area contributed by atoms with E-state index in [1.807, 2.05) is 0 Å². The largest absolute Gasteiger partial charge is 0.469 e. The normalized spacial score (nSPS) is 10.1. The van der Waals surface area contributed by atoms with Crippen LogP contribution >= 0.6 is 11.8 Å². The number of carbonyl (C=O) groups excluding carboxylic acids is 1. The van der Waals surface area contributed by atoms with E-state index >= 15 is 0 Å².